The van der Waals surface area contributed by atoms with Crippen molar-refractivity contribution in [2.24, 2.45) is 0 Å². The highest BCUT2D eigenvalue weighted by Crippen LogP contribution is 2.32. The van der Waals surface area contributed by atoms with Crippen LogP contribution in [-0.4, -0.2) is 39.9 Å². The summed E-state index contributed by atoms with van der Waals surface area (Å²) in [4.78, 5) is 36.9. The van der Waals surface area contributed by atoms with E-state index in [1.54, 1.807) is 0 Å². The minimum absolute atomic E-state index is 0.700. The highest BCUT2D eigenvalue weighted by atomic mass is 15.0. The van der Waals surface area contributed by atoms with E-state index < -0.39 is 0 Å². The molecule has 4 heterocycles. The molecule has 12 aromatic carbocycles. The van der Waals surface area contributed by atoms with E-state index in [2.05, 4.69) is 254 Å². The van der Waals surface area contributed by atoms with Crippen molar-refractivity contribution in [3.63, 3.8) is 0 Å². The van der Waals surface area contributed by atoms with Crippen LogP contribution in [0.1, 0.15) is 23.0 Å². The molecule has 16 aromatic rings. The molecule has 0 saturated heterocycles. The Hall–Kier alpha value is -13.0. The van der Waals surface area contributed by atoms with Gasteiger partial charge in [-0.25, -0.2) is 34.9 Å². The molecule has 0 radical (unpaired) electrons. The average molecular weight is 1290 g/mol. The molecule has 0 N–H and O–H groups in total. The number of rotatable bonds is 12. The fourth-order valence-electron chi connectivity index (χ4n) is 11.7. The molecule has 0 unspecified atom stereocenters. The lowest BCUT2D eigenvalue weighted by molar-refractivity contribution is 0.992. The predicted octanol–water partition coefficient (Wildman–Crippen LogP) is 23.1. The zero-order valence-electron chi connectivity index (χ0n) is 56.2. The van der Waals surface area contributed by atoms with E-state index in [-0.39, 0.29) is 0 Å². The molecular weight excluding hydrogens is 1220 g/mol. The molecule has 0 aliphatic rings. The first-order chi connectivity index (χ1) is 49.2. The normalized spacial score (nSPS) is 10.6. The van der Waals surface area contributed by atoms with Crippen LogP contribution in [-0.2, 0) is 0 Å². The summed E-state index contributed by atoms with van der Waals surface area (Å²) in [7, 11) is 0. The summed E-state index contributed by atoms with van der Waals surface area (Å²) in [6, 6.07) is 125. The Kier molecular flexibility index (Phi) is 21.1. The van der Waals surface area contributed by atoms with Crippen molar-refractivity contribution in [2.45, 2.75) is 27.7 Å². The van der Waals surface area contributed by atoms with Crippen LogP contribution in [0.4, 0.5) is 0 Å². The van der Waals surface area contributed by atoms with Crippen LogP contribution < -0.4 is 0 Å². The molecule has 0 aliphatic carbocycles. The molecule has 0 saturated carbocycles. The van der Waals surface area contributed by atoms with Crippen LogP contribution in [0.15, 0.2) is 364 Å². The van der Waals surface area contributed by atoms with Gasteiger partial charge in [-0.3, -0.25) is 4.98 Å². The van der Waals surface area contributed by atoms with E-state index in [0.717, 1.165) is 90.6 Å². The van der Waals surface area contributed by atoms with Gasteiger partial charge in [0.15, 0.2) is 17.5 Å². The van der Waals surface area contributed by atoms with Gasteiger partial charge in [0.25, 0.3) is 0 Å². The minimum atomic E-state index is 0.700. The van der Waals surface area contributed by atoms with Crippen LogP contribution >= 0.6 is 0 Å². The fourth-order valence-corrected chi connectivity index (χ4v) is 11.7. The van der Waals surface area contributed by atoms with Crippen LogP contribution in [0, 0.1) is 27.7 Å². The van der Waals surface area contributed by atoms with Gasteiger partial charge in [-0.1, -0.05) is 340 Å². The molecule has 0 bridgehead atoms. The Morgan fingerprint density at radius 3 is 0.710 bits per heavy atom. The number of nitrogens with zero attached hydrogens (tertiary/aromatic N) is 8. The molecule has 0 fully saturated rings. The molecule has 0 spiro atoms. The van der Waals surface area contributed by atoms with Crippen molar-refractivity contribution >= 4 is 0 Å². The minimum Gasteiger partial charge on any atom is -0.253 e. The second kappa shape index (κ2) is 32.1. The van der Waals surface area contributed by atoms with Crippen LogP contribution in [0.25, 0.3) is 135 Å². The van der Waals surface area contributed by atoms with Gasteiger partial charge in [0.05, 0.1) is 22.8 Å². The van der Waals surface area contributed by atoms with E-state index in [0.29, 0.717) is 11.6 Å². The summed E-state index contributed by atoms with van der Waals surface area (Å²) >= 11 is 0. The Morgan fingerprint density at radius 2 is 0.360 bits per heavy atom. The van der Waals surface area contributed by atoms with Crippen molar-refractivity contribution in [2.75, 3.05) is 0 Å². The largest absolute Gasteiger partial charge is 0.253 e. The third kappa shape index (κ3) is 17.1. The number of benzene rings is 12. The number of pyridine rings is 1. The lowest BCUT2D eigenvalue weighted by atomic mass is 9.99. The lowest BCUT2D eigenvalue weighted by Crippen LogP contribution is -1.99. The highest BCUT2D eigenvalue weighted by molar-refractivity contribution is 5.76. The fraction of sp³-hybridized carbons (Fsp3) is 0.0435. The summed E-state index contributed by atoms with van der Waals surface area (Å²) in [5, 5.41) is 0. The summed E-state index contributed by atoms with van der Waals surface area (Å²) in [5.41, 5.74) is 25.5. The van der Waals surface area contributed by atoms with Gasteiger partial charge >= 0.3 is 0 Å². The van der Waals surface area contributed by atoms with Crippen molar-refractivity contribution < 1.29 is 0 Å². The number of hydrogen-bond acceptors (Lipinski definition) is 8. The third-order valence-corrected chi connectivity index (χ3v) is 16.7. The topological polar surface area (TPSA) is 103 Å². The summed E-state index contributed by atoms with van der Waals surface area (Å²) in [6.45, 7) is 7.90. The van der Waals surface area contributed by atoms with Gasteiger partial charge < -0.3 is 0 Å². The molecule has 100 heavy (non-hydrogen) atoms. The Bertz CT molecular complexity index is 4570. The molecule has 8 heteroatoms. The molecule has 4 aromatic heterocycles. The van der Waals surface area contributed by atoms with Crippen molar-refractivity contribution in [3.8, 4) is 135 Å². The maximum Gasteiger partial charge on any atom is 0.163 e. The maximum absolute atomic E-state index is 4.77. The second-order valence-electron chi connectivity index (χ2n) is 24.1. The van der Waals surface area contributed by atoms with Crippen LogP contribution in [0.3, 0.4) is 0 Å². The van der Waals surface area contributed by atoms with Crippen molar-refractivity contribution in [1.82, 2.24) is 39.9 Å². The Labute approximate surface area is 586 Å². The second-order valence-corrected chi connectivity index (χ2v) is 24.1. The molecule has 480 valence electrons. The Balaban J connectivity index is 0.000000119. The third-order valence-electron chi connectivity index (χ3n) is 16.7. The molecule has 0 aliphatic heterocycles. The molecule has 0 amide bonds. The summed E-state index contributed by atoms with van der Waals surface area (Å²) < 4.78 is 0. The van der Waals surface area contributed by atoms with Crippen LogP contribution in [0.5, 0.6) is 0 Å². The number of aryl methyl sites for hydroxylation is 4. The summed E-state index contributed by atoms with van der Waals surface area (Å²) in [6.07, 6.45) is 0. The number of aromatic nitrogens is 8. The van der Waals surface area contributed by atoms with E-state index in [4.69, 9.17) is 9.97 Å². The first kappa shape index (κ1) is 65.6. The lowest BCUT2D eigenvalue weighted by Gasteiger charge is -2.09. The maximum atomic E-state index is 4.77. The standard InChI is InChI=1S/C24H19N.2C23H18N2.C22H17N3/c1-18-16-23(17-24(25-18)22-10-6-3-7-11-22)21-14-12-20(13-15-21)19-8-4-2-5-9-19;1-17-24-22(20-10-6-3-7-11-20)16-23(25-17)21-14-12-19(13-15-21)18-8-4-2-5-9-18;1-17-16-22(25-23(24-17)21-10-6-3-7-11-21)20-14-12-19(13-15-20)18-8-4-2-5-9-18;1-16-23-21(19-10-6-3-7-11-19)25-22(24-16)20-14-12-18(13-15-20)17-8-4-2-5-9-17/h2-17H,1H3;2*2-16H,1H3;2-15H,1H3. The highest BCUT2D eigenvalue weighted by Gasteiger charge is 2.13. The smallest absolute Gasteiger partial charge is 0.163 e. The zero-order valence-corrected chi connectivity index (χ0v) is 56.2. The van der Waals surface area contributed by atoms with Gasteiger partial charge in [0, 0.05) is 50.3 Å². The Morgan fingerprint density at radius 1 is 0.140 bits per heavy atom. The molecule has 8 nitrogen and oxygen atoms in total. The molecular formula is C92H72N8. The predicted molar refractivity (Wildman–Crippen MR) is 412 cm³/mol. The van der Waals surface area contributed by atoms with Gasteiger partial charge in [0.1, 0.15) is 11.6 Å². The first-order valence-electron chi connectivity index (χ1n) is 33.5. The first-order valence-corrected chi connectivity index (χ1v) is 33.5. The van der Waals surface area contributed by atoms with Gasteiger partial charge in [-0.15, -0.1) is 0 Å². The monoisotopic (exact) mass is 1290 g/mol. The van der Waals surface area contributed by atoms with E-state index in [1.165, 1.54) is 55.6 Å². The van der Waals surface area contributed by atoms with E-state index in [9.17, 15) is 0 Å². The summed E-state index contributed by atoms with van der Waals surface area (Å²) in [5.74, 6) is 3.67. The molecule has 0 atom stereocenters. The quantitative estimate of drug-likeness (QED) is 0.119. The van der Waals surface area contributed by atoms with E-state index in [1.807, 2.05) is 167 Å². The number of hydrogen-bond donors (Lipinski definition) is 0. The van der Waals surface area contributed by atoms with Gasteiger partial charge in [-0.2, -0.15) is 0 Å². The van der Waals surface area contributed by atoms with Crippen LogP contribution in [0.2, 0.25) is 0 Å². The van der Waals surface area contributed by atoms with Crippen molar-refractivity contribution in [1.29, 1.82) is 0 Å². The zero-order chi connectivity index (χ0) is 68.2. The van der Waals surface area contributed by atoms with Crippen molar-refractivity contribution in [3.05, 3.63) is 387 Å². The molecule has 16 rings (SSSR count). The SMILES string of the molecule is Cc1cc(-c2ccc(-c3ccccc3)cc2)cc(-c2ccccc2)n1.Cc1cc(-c2ccc(-c3ccccc3)cc2)nc(-c2ccccc2)n1.Cc1nc(-c2ccccc2)cc(-c2ccc(-c3ccccc3)cc2)n1.Cc1nc(-c2ccccc2)nc(-c2ccc(-c3ccccc3)cc2)n1. The van der Waals surface area contributed by atoms with E-state index >= 15 is 0 Å². The van der Waals surface area contributed by atoms with Gasteiger partial charge in [-0.05, 0) is 108 Å². The van der Waals surface area contributed by atoms with Gasteiger partial charge in [0.2, 0.25) is 0 Å². The average Bonchev–Trinajstić information content (AvgIpc) is 0.876.